The number of carbonyl (C=O) groups is 1. The van der Waals surface area contributed by atoms with Crippen molar-refractivity contribution in [1.29, 1.82) is 0 Å². The first-order valence-corrected chi connectivity index (χ1v) is 6.69. The van der Waals surface area contributed by atoms with Crippen LogP contribution in [0.4, 0.5) is 0 Å². The van der Waals surface area contributed by atoms with Crippen molar-refractivity contribution >= 4 is 16.7 Å². The minimum atomic E-state index is 0.0341. The number of furan rings is 1. The zero-order valence-corrected chi connectivity index (χ0v) is 12.1. The number of nitrogens with one attached hydrogen (secondary N) is 1. The van der Waals surface area contributed by atoms with Crippen molar-refractivity contribution in [2.45, 2.75) is 27.7 Å². The molecular formula is C17H17NO2. The number of aromatic nitrogens is 1. The maximum atomic E-state index is 12.9. The van der Waals surface area contributed by atoms with Crippen molar-refractivity contribution in [1.82, 2.24) is 4.98 Å². The Morgan fingerprint density at radius 3 is 2.35 bits per heavy atom. The Labute approximate surface area is 117 Å². The first-order valence-electron chi connectivity index (χ1n) is 6.69. The van der Waals surface area contributed by atoms with E-state index in [0.717, 1.165) is 33.5 Å². The molecule has 0 atom stereocenters. The molecule has 0 aliphatic heterocycles. The summed E-state index contributed by atoms with van der Waals surface area (Å²) in [5.74, 6) is 1.53. The fourth-order valence-electron chi connectivity index (χ4n) is 2.82. The molecule has 0 bridgehead atoms. The summed E-state index contributed by atoms with van der Waals surface area (Å²) in [6, 6.07) is 7.88. The molecule has 1 aromatic carbocycles. The number of carbonyl (C=O) groups excluding carboxylic acids is 1. The number of ketones is 1. The van der Waals surface area contributed by atoms with Crippen LogP contribution in [0.1, 0.15) is 38.7 Å². The molecule has 0 spiro atoms. The van der Waals surface area contributed by atoms with Crippen molar-refractivity contribution < 1.29 is 9.21 Å². The van der Waals surface area contributed by atoms with Crippen LogP contribution in [0.15, 0.2) is 28.7 Å². The number of rotatable bonds is 2. The summed E-state index contributed by atoms with van der Waals surface area (Å²) in [6.45, 7) is 7.60. The molecule has 3 rings (SSSR count). The van der Waals surface area contributed by atoms with Gasteiger partial charge in [-0.25, -0.2) is 0 Å². The molecule has 0 saturated carbocycles. The average molecular weight is 267 g/mol. The van der Waals surface area contributed by atoms with Crippen molar-refractivity contribution in [3.05, 3.63) is 58.2 Å². The lowest BCUT2D eigenvalue weighted by atomic mass is 9.97. The molecule has 0 radical (unpaired) electrons. The average Bonchev–Trinajstić information content (AvgIpc) is 2.85. The van der Waals surface area contributed by atoms with Crippen molar-refractivity contribution in [3.8, 4) is 0 Å². The number of aryl methyl sites for hydroxylation is 3. The van der Waals surface area contributed by atoms with Crippen molar-refractivity contribution in [2.24, 2.45) is 0 Å². The van der Waals surface area contributed by atoms with Gasteiger partial charge < -0.3 is 9.40 Å². The van der Waals surface area contributed by atoms with Crippen LogP contribution in [0.5, 0.6) is 0 Å². The first-order chi connectivity index (χ1) is 9.50. The van der Waals surface area contributed by atoms with Crippen LogP contribution in [0.3, 0.4) is 0 Å². The number of aromatic amines is 1. The van der Waals surface area contributed by atoms with Gasteiger partial charge in [0.2, 0.25) is 0 Å². The summed E-state index contributed by atoms with van der Waals surface area (Å²) in [4.78, 5) is 16.2. The van der Waals surface area contributed by atoms with Crippen LogP contribution in [0, 0.1) is 27.7 Å². The smallest absolute Gasteiger partial charge is 0.199 e. The third-order valence-electron chi connectivity index (χ3n) is 3.91. The zero-order chi connectivity index (χ0) is 14.4. The van der Waals surface area contributed by atoms with Crippen LogP contribution in [0.25, 0.3) is 10.9 Å². The highest BCUT2D eigenvalue weighted by molar-refractivity contribution is 6.18. The highest BCUT2D eigenvalue weighted by Gasteiger charge is 2.24. The standard InChI is InChI=1S/C17H17NO2/c1-9-11(3)20-12(4)15(9)17(19)16-10(2)18-14-8-6-5-7-13(14)16/h5-8,18H,1-4H3. The second-order valence-electron chi connectivity index (χ2n) is 5.21. The van der Waals surface area contributed by atoms with Gasteiger partial charge in [-0.1, -0.05) is 18.2 Å². The van der Waals surface area contributed by atoms with E-state index in [2.05, 4.69) is 4.98 Å². The van der Waals surface area contributed by atoms with E-state index in [1.54, 1.807) is 0 Å². The molecule has 0 unspecified atom stereocenters. The quantitative estimate of drug-likeness (QED) is 0.706. The number of hydrogen-bond acceptors (Lipinski definition) is 2. The number of H-pyrrole nitrogens is 1. The number of benzene rings is 1. The minimum absolute atomic E-state index is 0.0341. The van der Waals surface area contributed by atoms with Gasteiger partial charge in [0.1, 0.15) is 11.5 Å². The van der Waals surface area contributed by atoms with E-state index in [1.807, 2.05) is 52.0 Å². The number of fused-ring (bicyclic) bond motifs is 1. The van der Waals surface area contributed by atoms with Gasteiger partial charge in [0, 0.05) is 22.2 Å². The Bertz CT molecular complexity index is 821. The normalized spacial score (nSPS) is 11.2. The van der Waals surface area contributed by atoms with Gasteiger partial charge in [-0.3, -0.25) is 4.79 Å². The summed E-state index contributed by atoms with van der Waals surface area (Å²) in [5, 5.41) is 0.965. The summed E-state index contributed by atoms with van der Waals surface area (Å²) >= 11 is 0. The lowest BCUT2D eigenvalue weighted by Gasteiger charge is -2.02. The molecule has 1 N–H and O–H groups in total. The van der Waals surface area contributed by atoms with Crippen molar-refractivity contribution in [3.63, 3.8) is 0 Å². The van der Waals surface area contributed by atoms with Gasteiger partial charge in [-0.15, -0.1) is 0 Å². The Morgan fingerprint density at radius 1 is 1.00 bits per heavy atom. The third-order valence-corrected chi connectivity index (χ3v) is 3.91. The maximum Gasteiger partial charge on any atom is 0.199 e. The van der Waals surface area contributed by atoms with E-state index in [9.17, 15) is 4.79 Å². The molecule has 2 heterocycles. The molecular weight excluding hydrogens is 250 g/mol. The van der Waals surface area contributed by atoms with E-state index in [-0.39, 0.29) is 5.78 Å². The van der Waals surface area contributed by atoms with Gasteiger partial charge in [0.15, 0.2) is 5.78 Å². The minimum Gasteiger partial charge on any atom is -0.466 e. The fraction of sp³-hybridized carbons (Fsp3) is 0.235. The van der Waals surface area contributed by atoms with E-state index in [0.29, 0.717) is 11.3 Å². The highest BCUT2D eigenvalue weighted by atomic mass is 16.3. The first kappa shape index (κ1) is 12.7. The van der Waals surface area contributed by atoms with Crippen LogP contribution in [-0.2, 0) is 0 Å². The van der Waals surface area contributed by atoms with Crippen LogP contribution in [0.2, 0.25) is 0 Å². The van der Waals surface area contributed by atoms with Gasteiger partial charge >= 0.3 is 0 Å². The Morgan fingerprint density at radius 2 is 1.70 bits per heavy atom. The van der Waals surface area contributed by atoms with E-state index in [4.69, 9.17) is 4.42 Å². The molecule has 102 valence electrons. The van der Waals surface area contributed by atoms with E-state index < -0.39 is 0 Å². The lowest BCUT2D eigenvalue weighted by molar-refractivity contribution is 0.103. The predicted octanol–water partition coefficient (Wildman–Crippen LogP) is 4.23. The molecule has 0 aliphatic carbocycles. The van der Waals surface area contributed by atoms with Crippen LogP contribution < -0.4 is 0 Å². The van der Waals surface area contributed by atoms with Gasteiger partial charge in [-0.2, -0.15) is 0 Å². The summed E-state index contributed by atoms with van der Waals surface area (Å²) in [5.41, 5.74) is 4.25. The van der Waals surface area contributed by atoms with Crippen LogP contribution in [-0.4, -0.2) is 10.8 Å². The fourth-order valence-corrected chi connectivity index (χ4v) is 2.82. The molecule has 0 saturated heterocycles. The largest absolute Gasteiger partial charge is 0.466 e. The highest BCUT2D eigenvalue weighted by Crippen LogP contribution is 2.29. The van der Waals surface area contributed by atoms with Gasteiger partial charge in [0.25, 0.3) is 0 Å². The molecule has 20 heavy (non-hydrogen) atoms. The molecule has 0 fully saturated rings. The Hall–Kier alpha value is -2.29. The SMILES string of the molecule is Cc1[nH]c2ccccc2c1C(=O)c1c(C)oc(C)c1C. The Kier molecular flexibility index (Phi) is 2.78. The second kappa shape index (κ2) is 4.37. The number of hydrogen-bond donors (Lipinski definition) is 1. The van der Waals surface area contributed by atoms with E-state index >= 15 is 0 Å². The molecule has 3 aromatic rings. The maximum absolute atomic E-state index is 12.9. The molecule has 3 nitrogen and oxygen atoms in total. The topological polar surface area (TPSA) is 46.0 Å². The molecule has 0 aliphatic rings. The monoisotopic (exact) mass is 267 g/mol. The van der Waals surface area contributed by atoms with Crippen LogP contribution >= 0.6 is 0 Å². The predicted molar refractivity (Wildman–Crippen MR) is 79.4 cm³/mol. The lowest BCUT2D eigenvalue weighted by Crippen LogP contribution is -2.04. The summed E-state index contributed by atoms with van der Waals surface area (Å²) in [6.07, 6.45) is 0. The Balaban J connectivity index is 2.25. The van der Waals surface area contributed by atoms with Crippen molar-refractivity contribution in [2.75, 3.05) is 0 Å². The molecule has 0 amide bonds. The summed E-state index contributed by atoms with van der Waals surface area (Å²) < 4.78 is 5.59. The van der Waals surface area contributed by atoms with Gasteiger partial charge in [-0.05, 0) is 33.8 Å². The second-order valence-corrected chi connectivity index (χ2v) is 5.21. The van der Waals surface area contributed by atoms with Gasteiger partial charge in [0.05, 0.1) is 11.1 Å². The molecule has 2 aromatic heterocycles. The zero-order valence-electron chi connectivity index (χ0n) is 12.1. The number of para-hydroxylation sites is 1. The summed E-state index contributed by atoms with van der Waals surface area (Å²) in [7, 11) is 0. The van der Waals surface area contributed by atoms with E-state index in [1.165, 1.54) is 0 Å². The third kappa shape index (κ3) is 1.70. The molecule has 3 heteroatoms.